The lowest BCUT2D eigenvalue weighted by atomic mass is 10.2. The number of hydrogen-bond donors (Lipinski definition) is 0. The minimum Gasteiger partial charge on any atom is -0.356 e. The molecule has 220 valence electrons. The molecule has 0 aliphatic carbocycles. The molecule has 0 rings (SSSR count). The molecule has 0 radical (unpaired) electrons. The molecule has 0 saturated heterocycles. The zero-order valence-corrected chi connectivity index (χ0v) is 24.8. The first kappa shape index (κ1) is 36.2. The highest BCUT2D eigenvalue weighted by atomic mass is 16.8. The third-order valence-electron chi connectivity index (χ3n) is 6.09. The third kappa shape index (κ3) is 22.9. The molecule has 0 N–H and O–H groups in total. The van der Waals surface area contributed by atoms with Gasteiger partial charge in [-0.1, -0.05) is 51.7 Å². The van der Waals surface area contributed by atoms with Crippen molar-refractivity contribution < 1.29 is 33.2 Å². The van der Waals surface area contributed by atoms with Gasteiger partial charge >= 0.3 is 0 Å². The van der Waals surface area contributed by atoms with E-state index in [1.165, 1.54) is 0 Å². The van der Waals surface area contributed by atoms with E-state index >= 15 is 0 Å². The largest absolute Gasteiger partial charge is 0.356 e. The van der Waals surface area contributed by atoms with Gasteiger partial charge in [-0.15, -0.1) is 0 Å². The van der Waals surface area contributed by atoms with Crippen LogP contribution in [0.15, 0.2) is 24.3 Å². The van der Waals surface area contributed by atoms with Gasteiger partial charge in [-0.25, -0.2) is 0 Å². The molecule has 7 heteroatoms. The lowest BCUT2D eigenvalue weighted by molar-refractivity contribution is -0.208. The van der Waals surface area contributed by atoms with Gasteiger partial charge < -0.3 is 33.2 Å². The topological polar surface area (TPSA) is 64.6 Å². The van der Waals surface area contributed by atoms with Crippen LogP contribution in [0, 0.1) is 0 Å². The summed E-state index contributed by atoms with van der Waals surface area (Å²) in [6, 6.07) is 0. The Balaban J connectivity index is 4.83. The van der Waals surface area contributed by atoms with E-state index in [1.807, 2.05) is 12.2 Å². The van der Waals surface area contributed by atoms with E-state index in [0.29, 0.717) is 13.2 Å². The van der Waals surface area contributed by atoms with E-state index in [9.17, 15) is 0 Å². The maximum absolute atomic E-state index is 6.27. The minimum atomic E-state index is -0.424. The second kappa shape index (κ2) is 28.2. The van der Waals surface area contributed by atoms with Crippen molar-refractivity contribution in [3.8, 4) is 0 Å². The van der Waals surface area contributed by atoms with Crippen LogP contribution in [0.3, 0.4) is 0 Å². The highest BCUT2D eigenvalue weighted by Gasteiger charge is 2.14. The first-order valence-electron chi connectivity index (χ1n) is 14.5. The van der Waals surface area contributed by atoms with Crippen molar-refractivity contribution in [3.05, 3.63) is 24.3 Å². The van der Waals surface area contributed by atoms with E-state index in [1.54, 1.807) is 28.4 Å². The summed E-state index contributed by atoms with van der Waals surface area (Å²) in [4.78, 5) is 0. The van der Waals surface area contributed by atoms with E-state index in [2.05, 4.69) is 26.0 Å². The molecule has 7 nitrogen and oxygen atoms in total. The van der Waals surface area contributed by atoms with E-state index in [4.69, 9.17) is 33.2 Å². The van der Waals surface area contributed by atoms with Crippen molar-refractivity contribution >= 4 is 0 Å². The minimum absolute atomic E-state index is 0.124. The summed E-state index contributed by atoms with van der Waals surface area (Å²) in [5, 5.41) is 0. The van der Waals surface area contributed by atoms with Crippen LogP contribution in [0.5, 0.6) is 0 Å². The molecule has 2 atom stereocenters. The standard InChI is InChI=1S/C30H58O7/c1-7-9-19-25-35-29(23-17-13-11-15-21-27(31-3)32-4)37-30(36-26-20-10-8-2)24-18-14-12-16-22-28(33-5)34-6/h17-18,23-24,27-30H,7-16,19-22,25-26H2,1-6H3. The number of hydrogen-bond acceptors (Lipinski definition) is 7. The Hall–Kier alpha value is -0.800. The summed E-state index contributed by atoms with van der Waals surface area (Å²) in [7, 11) is 6.72. The van der Waals surface area contributed by atoms with Crippen molar-refractivity contribution in [2.45, 2.75) is 129 Å². The van der Waals surface area contributed by atoms with Gasteiger partial charge in [0.25, 0.3) is 0 Å². The van der Waals surface area contributed by atoms with Crippen molar-refractivity contribution in [2.24, 2.45) is 0 Å². The van der Waals surface area contributed by atoms with Gasteiger partial charge in [-0.3, -0.25) is 0 Å². The van der Waals surface area contributed by atoms with Crippen molar-refractivity contribution in [1.29, 1.82) is 0 Å². The number of rotatable bonds is 28. The van der Waals surface area contributed by atoms with Gasteiger partial charge in [0.05, 0.1) is 13.2 Å². The third-order valence-corrected chi connectivity index (χ3v) is 6.09. The molecule has 0 spiro atoms. The van der Waals surface area contributed by atoms with Gasteiger partial charge in [0, 0.05) is 28.4 Å². The zero-order chi connectivity index (χ0) is 27.4. The molecule has 2 unspecified atom stereocenters. The molecule has 0 aromatic rings. The SMILES string of the molecule is CCCCCOC(C=CCCCCC(OC)OC)OC(C=CCCCCC(OC)OC)OCCCCC. The van der Waals surface area contributed by atoms with Crippen LogP contribution in [-0.4, -0.2) is 66.8 Å². The normalized spacial score (nSPS) is 14.1. The number of unbranched alkanes of at least 4 members (excludes halogenated alkanes) is 8. The summed E-state index contributed by atoms with van der Waals surface area (Å²) in [6.07, 6.45) is 21.9. The van der Waals surface area contributed by atoms with Crippen LogP contribution in [0.25, 0.3) is 0 Å². The number of methoxy groups -OCH3 is 4. The van der Waals surface area contributed by atoms with Crippen LogP contribution < -0.4 is 0 Å². The summed E-state index contributed by atoms with van der Waals surface area (Å²) in [5.41, 5.74) is 0. The molecule has 37 heavy (non-hydrogen) atoms. The molecule has 0 fully saturated rings. The first-order chi connectivity index (χ1) is 18.1. The Kier molecular flexibility index (Phi) is 27.6. The lowest BCUT2D eigenvalue weighted by Gasteiger charge is -2.21. The molecule has 0 aliphatic rings. The van der Waals surface area contributed by atoms with Crippen LogP contribution >= 0.6 is 0 Å². The van der Waals surface area contributed by atoms with Crippen LogP contribution in [0.1, 0.15) is 104 Å². The first-order valence-corrected chi connectivity index (χ1v) is 14.5. The molecular weight excluding hydrogens is 472 g/mol. The van der Waals surface area contributed by atoms with Gasteiger partial charge in [-0.05, 0) is 76.4 Å². The highest BCUT2D eigenvalue weighted by Crippen LogP contribution is 2.13. The van der Waals surface area contributed by atoms with E-state index < -0.39 is 12.6 Å². The van der Waals surface area contributed by atoms with Crippen molar-refractivity contribution in [1.82, 2.24) is 0 Å². The predicted octanol–water partition coefficient (Wildman–Crippen LogP) is 7.54. The van der Waals surface area contributed by atoms with Gasteiger partial charge in [0.15, 0.2) is 25.2 Å². The molecule has 0 saturated carbocycles. The Morgan fingerprint density at radius 3 is 1.27 bits per heavy atom. The molecule has 0 bridgehead atoms. The summed E-state index contributed by atoms with van der Waals surface area (Å²) >= 11 is 0. The maximum Gasteiger partial charge on any atom is 0.180 e. The van der Waals surface area contributed by atoms with Gasteiger partial charge in [0.1, 0.15) is 0 Å². The fraction of sp³-hybridized carbons (Fsp3) is 0.867. The maximum atomic E-state index is 6.27. The van der Waals surface area contributed by atoms with Crippen LogP contribution in [0.2, 0.25) is 0 Å². The van der Waals surface area contributed by atoms with Crippen LogP contribution in [-0.2, 0) is 33.2 Å². The molecule has 0 heterocycles. The van der Waals surface area contributed by atoms with E-state index in [-0.39, 0.29) is 12.6 Å². The fourth-order valence-electron chi connectivity index (χ4n) is 3.74. The Bertz CT molecular complexity index is 460. The van der Waals surface area contributed by atoms with Gasteiger partial charge in [0.2, 0.25) is 0 Å². The Morgan fingerprint density at radius 2 is 0.919 bits per heavy atom. The fourth-order valence-corrected chi connectivity index (χ4v) is 3.74. The number of allylic oxidation sites excluding steroid dienone is 2. The Labute approximate surface area is 228 Å². The van der Waals surface area contributed by atoms with Gasteiger partial charge in [-0.2, -0.15) is 0 Å². The van der Waals surface area contributed by atoms with Crippen molar-refractivity contribution in [3.63, 3.8) is 0 Å². The second-order valence-electron chi connectivity index (χ2n) is 9.26. The number of ether oxygens (including phenoxy) is 7. The summed E-state index contributed by atoms with van der Waals surface area (Å²) in [6.45, 7) is 5.75. The zero-order valence-electron chi connectivity index (χ0n) is 24.8. The molecule has 0 amide bonds. The van der Waals surface area contributed by atoms with Crippen LogP contribution in [0.4, 0.5) is 0 Å². The quantitative estimate of drug-likeness (QED) is 0.0588. The smallest absolute Gasteiger partial charge is 0.180 e. The monoisotopic (exact) mass is 530 g/mol. The predicted molar refractivity (Wildman–Crippen MR) is 150 cm³/mol. The molecule has 0 aliphatic heterocycles. The average molecular weight is 531 g/mol. The second-order valence-corrected chi connectivity index (χ2v) is 9.26. The highest BCUT2D eigenvalue weighted by molar-refractivity contribution is 4.89. The summed E-state index contributed by atoms with van der Waals surface area (Å²) < 4.78 is 39.5. The molecule has 0 aromatic carbocycles. The lowest BCUT2D eigenvalue weighted by Crippen LogP contribution is -2.25. The molecular formula is C30H58O7. The summed E-state index contributed by atoms with van der Waals surface area (Å²) in [5.74, 6) is 0. The van der Waals surface area contributed by atoms with Crippen molar-refractivity contribution in [2.75, 3.05) is 41.7 Å². The average Bonchev–Trinajstić information content (AvgIpc) is 2.92. The molecule has 0 aromatic heterocycles. The van der Waals surface area contributed by atoms with E-state index in [0.717, 1.165) is 89.9 Å². The Morgan fingerprint density at radius 1 is 0.514 bits per heavy atom.